The van der Waals surface area contributed by atoms with E-state index < -0.39 is 5.91 Å². The highest BCUT2D eigenvalue weighted by Gasteiger charge is 2.26. The van der Waals surface area contributed by atoms with E-state index in [4.69, 9.17) is 16.2 Å². The Hall–Kier alpha value is -2.45. The molecule has 1 aromatic heterocycles. The zero-order valence-electron chi connectivity index (χ0n) is 14.7. The molecule has 8 heteroatoms. The minimum Gasteiger partial charge on any atom is -0.508 e. The van der Waals surface area contributed by atoms with Crippen molar-refractivity contribution in [2.24, 2.45) is 5.73 Å². The van der Waals surface area contributed by atoms with Gasteiger partial charge in [-0.3, -0.25) is 14.2 Å². The molecule has 1 amide bonds. The lowest BCUT2D eigenvalue weighted by atomic mass is 9.97. The second kappa shape index (κ2) is 7.43. The standard InChI is InChI=1S/C18H21N3O4.H2S/c1-9-3-4-14(22)10(2)15(9)21-16(19)13(17(20)23)7-12(18(21)24)11-5-6-25-8-11;/h3-4,7,11,22H,5-6,8,19H2,1-2H3,(H2,20,23);1H2. The van der Waals surface area contributed by atoms with Gasteiger partial charge in [-0.2, -0.15) is 13.5 Å². The topological polar surface area (TPSA) is 121 Å². The highest BCUT2D eigenvalue weighted by molar-refractivity contribution is 7.59. The van der Waals surface area contributed by atoms with Crippen LogP contribution in [0.1, 0.15) is 39.4 Å². The molecule has 2 aromatic rings. The molecule has 1 fully saturated rings. The van der Waals surface area contributed by atoms with Crippen molar-refractivity contribution in [3.63, 3.8) is 0 Å². The second-order valence-electron chi connectivity index (χ2n) is 6.34. The van der Waals surface area contributed by atoms with Crippen LogP contribution in [-0.2, 0) is 4.74 Å². The maximum atomic E-state index is 13.2. The maximum absolute atomic E-state index is 13.2. The zero-order valence-corrected chi connectivity index (χ0v) is 15.7. The number of phenols is 1. The van der Waals surface area contributed by atoms with Crippen LogP contribution in [0.15, 0.2) is 23.0 Å². The number of nitrogens with zero attached hydrogens (tertiary/aromatic N) is 1. The van der Waals surface area contributed by atoms with Crippen LogP contribution in [-0.4, -0.2) is 28.8 Å². The van der Waals surface area contributed by atoms with Crippen LogP contribution in [0.2, 0.25) is 0 Å². The number of aromatic nitrogens is 1. The molecule has 7 nitrogen and oxygen atoms in total. The summed E-state index contributed by atoms with van der Waals surface area (Å²) in [5.74, 6) is -0.809. The largest absolute Gasteiger partial charge is 0.508 e. The van der Waals surface area contributed by atoms with Gasteiger partial charge in [0.05, 0.1) is 17.9 Å². The number of pyridine rings is 1. The first-order valence-corrected chi connectivity index (χ1v) is 8.05. The number of hydrogen-bond donors (Lipinski definition) is 3. The summed E-state index contributed by atoms with van der Waals surface area (Å²) in [7, 11) is 0. The van der Waals surface area contributed by atoms with Gasteiger partial charge in [0.25, 0.3) is 11.5 Å². The van der Waals surface area contributed by atoms with E-state index in [9.17, 15) is 14.7 Å². The van der Waals surface area contributed by atoms with Gasteiger partial charge >= 0.3 is 0 Å². The lowest BCUT2D eigenvalue weighted by Gasteiger charge is -2.20. The van der Waals surface area contributed by atoms with E-state index in [1.54, 1.807) is 19.1 Å². The Bertz CT molecular complexity index is 918. The number of hydrogen-bond acceptors (Lipinski definition) is 5. The molecule has 0 spiro atoms. The fraction of sp³-hybridized carbons (Fsp3) is 0.333. The predicted molar refractivity (Wildman–Crippen MR) is 105 cm³/mol. The van der Waals surface area contributed by atoms with Crippen LogP contribution in [0.5, 0.6) is 5.75 Å². The molecule has 2 heterocycles. The minimum atomic E-state index is -0.707. The number of ether oxygens (including phenoxy) is 1. The molecular formula is C18H23N3O4S. The van der Waals surface area contributed by atoms with Crippen LogP contribution < -0.4 is 17.0 Å². The van der Waals surface area contributed by atoms with Gasteiger partial charge in [0.15, 0.2) is 0 Å². The van der Waals surface area contributed by atoms with E-state index in [0.29, 0.717) is 36.4 Å². The van der Waals surface area contributed by atoms with E-state index in [2.05, 4.69) is 0 Å². The van der Waals surface area contributed by atoms with Crippen molar-refractivity contribution < 1.29 is 14.6 Å². The molecule has 1 unspecified atom stereocenters. The SMILES string of the molecule is Cc1ccc(O)c(C)c1-n1c(N)c(C(N)=O)cc(C2CCOC2)c1=O.S. The summed E-state index contributed by atoms with van der Waals surface area (Å²) >= 11 is 0. The summed E-state index contributed by atoms with van der Waals surface area (Å²) < 4.78 is 6.65. The minimum absolute atomic E-state index is 0. The van der Waals surface area contributed by atoms with E-state index in [0.717, 1.165) is 5.56 Å². The number of carbonyl (C=O) groups is 1. The Morgan fingerprint density at radius 1 is 1.35 bits per heavy atom. The smallest absolute Gasteiger partial charge is 0.260 e. The van der Waals surface area contributed by atoms with Crippen molar-refractivity contribution in [1.82, 2.24) is 4.57 Å². The summed E-state index contributed by atoms with van der Waals surface area (Å²) in [4.78, 5) is 25.0. The second-order valence-corrected chi connectivity index (χ2v) is 6.34. The maximum Gasteiger partial charge on any atom is 0.260 e. The zero-order chi connectivity index (χ0) is 18.3. The number of nitrogen functional groups attached to an aromatic ring is 1. The Labute approximate surface area is 158 Å². The van der Waals surface area contributed by atoms with Crippen LogP contribution in [0, 0.1) is 13.8 Å². The first kappa shape index (κ1) is 19.9. The Kier molecular flexibility index (Phi) is 5.68. The van der Waals surface area contributed by atoms with Crippen LogP contribution in [0.4, 0.5) is 5.82 Å². The van der Waals surface area contributed by atoms with Crippen molar-refractivity contribution in [1.29, 1.82) is 0 Å². The predicted octanol–water partition coefficient (Wildman–Crippen LogP) is 1.46. The average Bonchev–Trinajstić information content (AvgIpc) is 3.08. The molecule has 0 radical (unpaired) electrons. The van der Waals surface area contributed by atoms with Gasteiger partial charge in [-0.05, 0) is 38.0 Å². The molecule has 1 aromatic carbocycles. The third kappa shape index (κ3) is 3.17. The quantitative estimate of drug-likeness (QED) is 0.748. The van der Waals surface area contributed by atoms with E-state index in [-0.39, 0.29) is 42.1 Å². The number of aromatic hydroxyl groups is 1. The van der Waals surface area contributed by atoms with E-state index in [1.165, 1.54) is 10.6 Å². The molecule has 0 aliphatic carbocycles. The number of anilines is 1. The molecule has 26 heavy (non-hydrogen) atoms. The molecule has 3 rings (SSSR count). The lowest BCUT2D eigenvalue weighted by molar-refractivity contribution is 0.100. The van der Waals surface area contributed by atoms with Gasteiger partial charge < -0.3 is 21.3 Å². The summed E-state index contributed by atoms with van der Waals surface area (Å²) in [6, 6.07) is 4.72. The van der Waals surface area contributed by atoms with E-state index in [1.807, 2.05) is 6.92 Å². The summed E-state index contributed by atoms with van der Waals surface area (Å²) in [5.41, 5.74) is 13.5. The fourth-order valence-electron chi connectivity index (χ4n) is 3.31. The summed E-state index contributed by atoms with van der Waals surface area (Å²) in [5, 5.41) is 10.1. The highest BCUT2D eigenvalue weighted by Crippen LogP contribution is 2.30. The molecule has 1 saturated heterocycles. The molecule has 140 valence electrons. The molecule has 1 aliphatic rings. The summed E-state index contributed by atoms with van der Waals surface area (Å²) in [6.07, 6.45) is 0.690. The van der Waals surface area contributed by atoms with Crippen molar-refractivity contribution in [3.8, 4) is 11.4 Å². The first-order valence-electron chi connectivity index (χ1n) is 8.05. The highest BCUT2D eigenvalue weighted by atomic mass is 32.1. The van der Waals surface area contributed by atoms with Gasteiger partial charge in [0.1, 0.15) is 11.6 Å². The lowest BCUT2D eigenvalue weighted by Crippen LogP contribution is -2.31. The van der Waals surface area contributed by atoms with Gasteiger partial charge in [0.2, 0.25) is 0 Å². The van der Waals surface area contributed by atoms with Crippen LogP contribution >= 0.6 is 13.5 Å². The van der Waals surface area contributed by atoms with Crippen molar-refractivity contribution in [3.05, 3.63) is 50.8 Å². The van der Waals surface area contributed by atoms with Gasteiger partial charge in [-0.1, -0.05) is 6.07 Å². The molecule has 1 aliphatic heterocycles. The molecule has 1 atom stereocenters. The van der Waals surface area contributed by atoms with Gasteiger partial charge in [-0.25, -0.2) is 0 Å². The van der Waals surface area contributed by atoms with Crippen LogP contribution in [0.25, 0.3) is 5.69 Å². The van der Waals surface area contributed by atoms with Crippen molar-refractivity contribution in [2.45, 2.75) is 26.2 Å². The molecule has 0 saturated carbocycles. The number of benzene rings is 1. The normalized spacial score (nSPS) is 16.3. The third-order valence-electron chi connectivity index (χ3n) is 4.73. The number of carbonyl (C=O) groups excluding carboxylic acids is 1. The van der Waals surface area contributed by atoms with Gasteiger partial charge in [0, 0.05) is 23.7 Å². The number of primary amides is 1. The monoisotopic (exact) mass is 377 g/mol. The third-order valence-corrected chi connectivity index (χ3v) is 4.73. The number of nitrogens with two attached hydrogens (primary N) is 2. The van der Waals surface area contributed by atoms with E-state index >= 15 is 0 Å². The first-order chi connectivity index (χ1) is 11.8. The average molecular weight is 377 g/mol. The fourth-order valence-corrected chi connectivity index (χ4v) is 3.31. The number of amides is 1. The Morgan fingerprint density at radius 3 is 2.62 bits per heavy atom. The molecule has 5 N–H and O–H groups in total. The molecule has 0 bridgehead atoms. The number of aryl methyl sites for hydroxylation is 1. The van der Waals surface area contributed by atoms with Crippen LogP contribution in [0.3, 0.4) is 0 Å². The molecular weight excluding hydrogens is 354 g/mol. The number of rotatable bonds is 3. The Morgan fingerprint density at radius 2 is 2.04 bits per heavy atom. The summed E-state index contributed by atoms with van der Waals surface area (Å²) in [6.45, 7) is 4.47. The number of phenolic OH excluding ortho intramolecular Hbond substituents is 1. The van der Waals surface area contributed by atoms with Crippen molar-refractivity contribution in [2.75, 3.05) is 18.9 Å². The van der Waals surface area contributed by atoms with Gasteiger partial charge in [-0.15, -0.1) is 0 Å². The Balaban J connectivity index is 0.00000243. The van der Waals surface area contributed by atoms with Crippen molar-refractivity contribution >= 4 is 25.2 Å².